The highest BCUT2D eigenvalue weighted by Crippen LogP contribution is 2.38. The number of benzene rings is 1. The van der Waals surface area contributed by atoms with E-state index in [-0.39, 0.29) is 11.4 Å². The first kappa shape index (κ1) is 22.2. The molecule has 2 aliphatic heterocycles. The minimum absolute atomic E-state index is 0.241. The minimum Gasteiger partial charge on any atom is -0.475 e. The van der Waals surface area contributed by atoms with Gasteiger partial charge in [0.1, 0.15) is 0 Å². The van der Waals surface area contributed by atoms with Crippen LogP contribution in [0.15, 0.2) is 30.3 Å². The lowest BCUT2D eigenvalue weighted by molar-refractivity contribution is -0.192. The Hall–Kier alpha value is -2.13. The van der Waals surface area contributed by atoms with Gasteiger partial charge in [0.15, 0.2) is 0 Å². The van der Waals surface area contributed by atoms with Gasteiger partial charge in [-0.3, -0.25) is 9.69 Å². The van der Waals surface area contributed by atoms with Gasteiger partial charge < -0.3 is 14.7 Å². The number of alkyl halides is 3. The molecule has 1 aromatic carbocycles. The Bertz CT molecular complexity index is 669. The summed E-state index contributed by atoms with van der Waals surface area (Å²) in [6.07, 6.45) is -2.24. The number of carbonyl (C=O) groups is 2. The molecule has 0 saturated carbocycles. The monoisotopic (exact) mass is 402 g/mol. The van der Waals surface area contributed by atoms with E-state index in [2.05, 4.69) is 4.90 Å². The van der Waals surface area contributed by atoms with Crippen LogP contribution in [0.3, 0.4) is 0 Å². The van der Waals surface area contributed by atoms with Crippen LogP contribution in [-0.2, 0) is 20.7 Å². The Kier molecular flexibility index (Phi) is 7.42. The fourth-order valence-electron chi connectivity index (χ4n) is 3.55. The zero-order valence-electron chi connectivity index (χ0n) is 15.7. The van der Waals surface area contributed by atoms with Crippen LogP contribution in [-0.4, -0.2) is 78.4 Å². The SMILES string of the molecule is COCCN1CCC12CCN(C(=O)Cc1ccccc1)C2.O=C(O)C(F)(F)F. The molecule has 1 spiro atoms. The third-order valence-electron chi connectivity index (χ3n) is 5.21. The van der Waals surface area contributed by atoms with E-state index in [0.29, 0.717) is 6.42 Å². The van der Waals surface area contributed by atoms with Crippen molar-refractivity contribution in [2.45, 2.75) is 31.0 Å². The van der Waals surface area contributed by atoms with Crippen molar-refractivity contribution in [3.8, 4) is 0 Å². The molecule has 0 aromatic heterocycles. The van der Waals surface area contributed by atoms with Crippen LogP contribution in [0.1, 0.15) is 18.4 Å². The molecule has 2 saturated heterocycles. The molecule has 1 N–H and O–H groups in total. The van der Waals surface area contributed by atoms with Crippen molar-refractivity contribution < 1.29 is 32.6 Å². The van der Waals surface area contributed by atoms with Crippen LogP contribution in [0, 0.1) is 0 Å². The molecule has 1 unspecified atom stereocenters. The van der Waals surface area contributed by atoms with Crippen LogP contribution in [0.4, 0.5) is 13.2 Å². The van der Waals surface area contributed by atoms with Crippen LogP contribution in [0.2, 0.25) is 0 Å². The second kappa shape index (κ2) is 9.38. The summed E-state index contributed by atoms with van der Waals surface area (Å²) in [4.78, 5) is 25.9. The van der Waals surface area contributed by atoms with E-state index in [1.807, 2.05) is 35.2 Å². The number of hydrogen-bond acceptors (Lipinski definition) is 4. The largest absolute Gasteiger partial charge is 0.490 e. The van der Waals surface area contributed by atoms with E-state index >= 15 is 0 Å². The molecule has 6 nitrogen and oxygen atoms in total. The molecule has 1 atom stereocenters. The number of aliphatic carboxylic acids is 1. The van der Waals surface area contributed by atoms with Crippen LogP contribution < -0.4 is 0 Å². The van der Waals surface area contributed by atoms with Crippen LogP contribution in [0.5, 0.6) is 0 Å². The van der Waals surface area contributed by atoms with Gasteiger partial charge in [-0.2, -0.15) is 13.2 Å². The summed E-state index contributed by atoms with van der Waals surface area (Å²) in [7, 11) is 1.75. The van der Waals surface area contributed by atoms with E-state index in [0.717, 1.165) is 44.8 Å². The fourth-order valence-corrected chi connectivity index (χ4v) is 3.55. The maximum absolute atomic E-state index is 12.4. The molecule has 1 aromatic rings. The standard InChI is InChI=1S/C17H24N2O2.C2HF3O2/c1-21-12-11-19-10-8-17(19)7-9-18(14-17)16(20)13-15-5-3-2-4-6-15;3-2(4,5)1(6)7/h2-6H,7-14H2,1H3;(H,6,7). The number of carbonyl (C=O) groups excluding carboxylic acids is 1. The minimum atomic E-state index is -5.08. The highest BCUT2D eigenvalue weighted by atomic mass is 19.4. The second-order valence-electron chi connectivity index (χ2n) is 6.98. The number of halogens is 3. The predicted octanol–water partition coefficient (Wildman–Crippen LogP) is 2.19. The molecule has 9 heteroatoms. The zero-order chi connectivity index (χ0) is 20.8. The first-order valence-electron chi connectivity index (χ1n) is 9.04. The molecule has 2 fully saturated rings. The van der Waals surface area contributed by atoms with Gasteiger partial charge in [-0.1, -0.05) is 30.3 Å². The highest BCUT2D eigenvalue weighted by Gasteiger charge is 2.49. The van der Waals surface area contributed by atoms with Gasteiger partial charge >= 0.3 is 12.1 Å². The highest BCUT2D eigenvalue weighted by molar-refractivity contribution is 5.79. The molecule has 0 aliphatic carbocycles. The summed E-state index contributed by atoms with van der Waals surface area (Å²) in [6, 6.07) is 10.0. The summed E-state index contributed by atoms with van der Waals surface area (Å²) in [6.45, 7) is 4.69. The van der Waals surface area contributed by atoms with Crippen molar-refractivity contribution in [1.82, 2.24) is 9.80 Å². The lowest BCUT2D eigenvalue weighted by Crippen LogP contribution is -2.62. The lowest BCUT2D eigenvalue weighted by atomic mass is 9.84. The maximum Gasteiger partial charge on any atom is 0.490 e. The van der Waals surface area contributed by atoms with E-state index in [9.17, 15) is 18.0 Å². The maximum atomic E-state index is 12.4. The van der Waals surface area contributed by atoms with E-state index < -0.39 is 12.1 Å². The van der Waals surface area contributed by atoms with Crippen molar-refractivity contribution in [2.75, 3.05) is 39.9 Å². The summed E-state index contributed by atoms with van der Waals surface area (Å²) in [5, 5.41) is 7.12. The molecule has 156 valence electrons. The number of rotatable bonds is 5. The van der Waals surface area contributed by atoms with E-state index in [4.69, 9.17) is 14.6 Å². The molecule has 1 amide bonds. The van der Waals surface area contributed by atoms with Crippen molar-refractivity contribution in [3.63, 3.8) is 0 Å². The van der Waals surface area contributed by atoms with Crippen molar-refractivity contribution in [2.24, 2.45) is 0 Å². The molecule has 28 heavy (non-hydrogen) atoms. The Morgan fingerprint density at radius 2 is 1.79 bits per heavy atom. The van der Waals surface area contributed by atoms with E-state index in [1.54, 1.807) is 7.11 Å². The molecule has 3 rings (SSSR count). The average Bonchev–Trinajstić information content (AvgIpc) is 3.10. The fraction of sp³-hybridized carbons (Fsp3) is 0.579. The molecular weight excluding hydrogens is 377 g/mol. The quantitative estimate of drug-likeness (QED) is 0.818. The Morgan fingerprint density at radius 1 is 1.18 bits per heavy atom. The lowest BCUT2D eigenvalue weighted by Gasteiger charge is -2.50. The third-order valence-corrected chi connectivity index (χ3v) is 5.21. The van der Waals surface area contributed by atoms with Gasteiger partial charge in [-0.05, 0) is 18.4 Å². The van der Waals surface area contributed by atoms with Gasteiger partial charge in [-0.25, -0.2) is 4.79 Å². The summed E-state index contributed by atoms with van der Waals surface area (Å²) in [5.74, 6) is -2.50. The van der Waals surface area contributed by atoms with Gasteiger partial charge in [0.25, 0.3) is 0 Å². The Morgan fingerprint density at radius 3 is 2.29 bits per heavy atom. The molecule has 0 radical (unpaired) electrons. The first-order valence-corrected chi connectivity index (χ1v) is 9.04. The third kappa shape index (κ3) is 5.68. The Labute approximate surface area is 161 Å². The van der Waals surface area contributed by atoms with Crippen molar-refractivity contribution in [1.29, 1.82) is 0 Å². The average molecular weight is 402 g/mol. The number of likely N-dealkylation sites (tertiary alicyclic amines) is 2. The van der Waals surface area contributed by atoms with Gasteiger partial charge in [0, 0.05) is 38.8 Å². The molecule has 2 aliphatic rings. The van der Waals surface area contributed by atoms with Crippen LogP contribution in [0.25, 0.3) is 0 Å². The first-order chi connectivity index (χ1) is 13.2. The number of carboxylic acids is 1. The van der Waals surface area contributed by atoms with Crippen molar-refractivity contribution in [3.05, 3.63) is 35.9 Å². The van der Waals surface area contributed by atoms with Crippen molar-refractivity contribution >= 4 is 11.9 Å². The predicted molar refractivity (Wildman–Crippen MR) is 95.8 cm³/mol. The van der Waals surface area contributed by atoms with Crippen LogP contribution >= 0.6 is 0 Å². The summed E-state index contributed by atoms with van der Waals surface area (Å²) in [5.41, 5.74) is 1.35. The van der Waals surface area contributed by atoms with Gasteiger partial charge in [0.05, 0.1) is 13.0 Å². The van der Waals surface area contributed by atoms with Gasteiger partial charge in [-0.15, -0.1) is 0 Å². The number of methoxy groups -OCH3 is 1. The summed E-state index contributed by atoms with van der Waals surface area (Å²) >= 11 is 0. The zero-order valence-corrected chi connectivity index (χ0v) is 15.7. The van der Waals surface area contributed by atoms with Gasteiger partial charge in [0.2, 0.25) is 5.91 Å². The smallest absolute Gasteiger partial charge is 0.475 e. The number of carboxylic acid groups (broad SMARTS) is 1. The number of nitrogens with zero attached hydrogens (tertiary/aromatic N) is 2. The molecule has 2 heterocycles. The molecule has 0 bridgehead atoms. The normalized spacial score (nSPS) is 21.8. The van der Waals surface area contributed by atoms with E-state index in [1.165, 1.54) is 6.42 Å². The topological polar surface area (TPSA) is 70.1 Å². The number of ether oxygens (including phenoxy) is 1. The molecular formula is C19H25F3N2O4. The summed E-state index contributed by atoms with van der Waals surface area (Å²) < 4.78 is 36.9. The number of amides is 1. The Balaban J connectivity index is 0.000000345. The number of hydrogen-bond donors (Lipinski definition) is 1. The second-order valence-corrected chi connectivity index (χ2v) is 6.98.